The van der Waals surface area contributed by atoms with E-state index in [0.29, 0.717) is 11.1 Å². The standard InChI is InChI=1S/C13H15ClN4/c1-9-2-5-12(14)13(6-9)18-11(8-16-17-18)7-15-10-3-4-10/h2,5-6,8,10,15H,3-4,7H2,1H3. The average Bonchev–Trinajstić information content (AvgIpc) is 3.08. The Kier molecular flexibility index (Phi) is 3.06. The minimum Gasteiger partial charge on any atom is -0.308 e. The first-order valence-corrected chi connectivity index (χ1v) is 6.51. The van der Waals surface area contributed by atoms with E-state index in [0.717, 1.165) is 23.5 Å². The Morgan fingerprint density at radius 2 is 2.28 bits per heavy atom. The number of nitrogens with one attached hydrogen (secondary N) is 1. The highest BCUT2D eigenvalue weighted by atomic mass is 35.5. The largest absolute Gasteiger partial charge is 0.308 e. The lowest BCUT2D eigenvalue weighted by Gasteiger charge is -2.09. The second kappa shape index (κ2) is 4.71. The van der Waals surface area contributed by atoms with Crippen molar-refractivity contribution in [2.45, 2.75) is 32.4 Å². The van der Waals surface area contributed by atoms with Crippen molar-refractivity contribution in [1.29, 1.82) is 0 Å². The van der Waals surface area contributed by atoms with E-state index in [4.69, 9.17) is 11.6 Å². The Morgan fingerprint density at radius 1 is 1.44 bits per heavy atom. The molecule has 5 heteroatoms. The molecule has 1 saturated carbocycles. The summed E-state index contributed by atoms with van der Waals surface area (Å²) in [6, 6.07) is 6.58. The van der Waals surface area contributed by atoms with Gasteiger partial charge in [0.2, 0.25) is 0 Å². The van der Waals surface area contributed by atoms with Crippen LogP contribution < -0.4 is 5.32 Å². The minimum absolute atomic E-state index is 0.668. The van der Waals surface area contributed by atoms with Crippen LogP contribution in [0.1, 0.15) is 24.1 Å². The first-order valence-electron chi connectivity index (χ1n) is 6.13. The Bertz CT molecular complexity index is 560. The van der Waals surface area contributed by atoms with E-state index in [-0.39, 0.29) is 0 Å². The van der Waals surface area contributed by atoms with Crippen LogP contribution in [0.5, 0.6) is 0 Å². The molecule has 18 heavy (non-hydrogen) atoms. The van der Waals surface area contributed by atoms with Gasteiger partial charge in [-0.25, -0.2) is 4.68 Å². The molecule has 0 atom stereocenters. The van der Waals surface area contributed by atoms with Crippen LogP contribution >= 0.6 is 11.6 Å². The molecule has 1 aliphatic rings. The van der Waals surface area contributed by atoms with Gasteiger partial charge in [-0.1, -0.05) is 22.9 Å². The third kappa shape index (κ3) is 2.40. The average molecular weight is 263 g/mol. The molecule has 1 aromatic carbocycles. The predicted octanol–water partition coefficient (Wildman–Crippen LogP) is 2.48. The second-order valence-electron chi connectivity index (χ2n) is 4.75. The number of aryl methyl sites for hydroxylation is 1. The molecular weight excluding hydrogens is 248 g/mol. The normalized spacial score (nSPS) is 15.0. The van der Waals surface area contributed by atoms with Gasteiger partial charge in [-0.15, -0.1) is 5.10 Å². The summed E-state index contributed by atoms with van der Waals surface area (Å²) in [5, 5.41) is 12.3. The van der Waals surface area contributed by atoms with E-state index in [1.807, 2.05) is 29.8 Å². The zero-order valence-electron chi connectivity index (χ0n) is 10.2. The SMILES string of the molecule is Cc1ccc(Cl)c(-n2nncc2CNC2CC2)c1. The van der Waals surface area contributed by atoms with E-state index in [9.17, 15) is 0 Å². The van der Waals surface area contributed by atoms with Gasteiger partial charge >= 0.3 is 0 Å². The van der Waals surface area contributed by atoms with Crippen molar-refractivity contribution in [2.24, 2.45) is 0 Å². The van der Waals surface area contributed by atoms with Crippen molar-refractivity contribution < 1.29 is 0 Å². The topological polar surface area (TPSA) is 42.7 Å². The molecule has 0 bridgehead atoms. The fourth-order valence-corrected chi connectivity index (χ4v) is 2.10. The number of nitrogens with zero attached hydrogens (tertiary/aromatic N) is 3. The summed E-state index contributed by atoms with van der Waals surface area (Å²) >= 11 is 6.23. The van der Waals surface area contributed by atoms with Gasteiger partial charge in [0.1, 0.15) is 0 Å². The third-order valence-electron chi connectivity index (χ3n) is 3.10. The summed E-state index contributed by atoms with van der Waals surface area (Å²) in [5.41, 5.74) is 3.09. The first kappa shape index (κ1) is 11.7. The molecule has 94 valence electrons. The summed E-state index contributed by atoms with van der Waals surface area (Å²) in [7, 11) is 0. The van der Waals surface area contributed by atoms with Gasteiger partial charge in [-0.3, -0.25) is 0 Å². The van der Waals surface area contributed by atoms with Crippen molar-refractivity contribution >= 4 is 11.6 Å². The van der Waals surface area contributed by atoms with Crippen molar-refractivity contribution in [3.8, 4) is 5.69 Å². The maximum atomic E-state index is 6.23. The minimum atomic E-state index is 0.668. The van der Waals surface area contributed by atoms with E-state index in [1.165, 1.54) is 12.8 Å². The van der Waals surface area contributed by atoms with Crippen LogP contribution in [0.4, 0.5) is 0 Å². The van der Waals surface area contributed by atoms with Crippen LogP contribution in [0.25, 0.3) is 5.69 Å². The molecule has 0 spiro atoms. The number of hydrogen-bond acceptors (Lipinski definition) is 3. The molecule has 0 amide bonds. The molecule has 1 aromatic heterocycles. The summed E-state index contributed by atoms with van der Waals surface area (Å²) in [6.45, 7) is 2.82. The molecule has 0 unspecified atom stereocenters. The number of benzene rings is 1. The molecule has 1 aliphatic carbocycles. The lowest BCUT2D eigenvalue weighted by atomic mass is 10.2. The van der Waals surface area contributed by atoms with Crippen molar-refractivity contribution in [2.75, 3.05) is 0 Å². The molecule has 0 aliphatic heterocycles. The smallest absolute Gasteiger partial charge is 0.0856 e. The molecule has 1 heterocycles. The molecular formula is C13H15ClN4. The van der Waals surface area contributed by atoms with Gasteiger partial charge in [0.05, 0.1) is 22.6 Å². The lowest BCUT2D eigenvalue weighted by molar-refractivity contribution is 0.647. The fraction of sp³-hybridized carbons (Fsp3) is 0.385. The van der Waals surface area contributed by atoms with Gasteiger partial charge < -0.3 is 5.32 Å². The Hall–Kier alpha value is -1.39. The van der Waals surface area contributed by atoms with Gasteiger partial charge in [0.15, 0.2) is 0 Å². The molecule has 0 radical (unpaired) electrons. The molecule has 0 saturated heterocycles. The number of rotatable bonds is 4. The molecule has 2 aromatic rings. The van der Waals surface area contributed by atoms with Crippen LogP contribution in [0.2, 0.25) is 5.02 Å². The van der Waals surface area contributed by atoms with E-state index < -0.39 is 0 Å². The number of halogens is 1. The monoisotopic (exact) mass is 262 g/mol. The molecule has 1 fully saturated rings. The molecule has 4 nitrogen and oxygen atoms in total. The molecule has 1 N–H and O–H groups in total. The highest BCUT2D eigenvalue weighted by Crippen LogP contribution is 2.23. The number of aromatic nitrogens is 3. The van der Waals surface area contributed by atoms with Crippen LogP contribution in [0.15, 0.2) is 24.4 Å². The van der Waals surface area contributed by atoms with Gasteiger partial charge in [-0.05, 0) is 37.5 Å². The zero-order valence-corrected chi connectivity index (χ0v) is 11.0. The Balaban J connectivity index is 1.90. The van der Waals surface area contributed by atoms with E-state index in [2.05, 4.69) is 15.6 Å². The van der Waals surface area contributed by atoms with Crippen molar-refractivity contribution in [3.63, 3.8) is 0 Å². The first-order chi connectivity index (χ1) is 8.74. The van der Waals surface area contributed by atoms with Gasteiger partial charge in [-0.2, -0.15) is 0 Å². The Morgan fingerprint density at radius 3 is 3.06 bits per heavy atom. The van der Waals surface area contributed by atoms with Gasteiger partial charge in [0, 0.05) is 12.6 Å². The van der Waals surface area contributed by atoms with E-state index in [1.54, 1.807) is 6.20 Å². The maximum Gasteiger partial charge on any atom is 0.0856 e. The lowest BCUT2D eigenvalue weighted by Crippen LogP contribution is -2.18. The van der Waals surface area contributed by atoms with Crippen molar-refractivity contribution in [3.05, 3.63) is 40.7 Å². The summed E-state index contributed by atoms with van der Waals surface area (Å²) < 4.78 is 1.81. The van der Waals surface area contributed by atoms with Crippen LogP contribution in [-0.2, 0) is 6.54 Å². The second-order valence-corrected chi connectivity index (χ2v) is 5.15. The highest BCUT2D eigenvalue weighted by molar-refractivity contribution is 6.32. The quantitative estimate of drug-likeness (QED) is 0.921. The van der Waals surface area contributed by atoms with Crippen LogP contribution in [0, 0.1) is 6.92 Å². The number of hydrogen-bond donors (Lipinski definition) is 1. The third-order valence-corrected chi connectivity index (χ3v) is 3.42. The predicted molar refractivity (Wildman–Crippen MR) is 71.0 cm³/mol. The molecule has 3 rings (SSSR count). The summed E-state index contributed by atoms with van der Waals surface area (Å²) in [4.78, 5) is 0. The Labute approximate surface area is 111 Å². The highest BCUT2D eigenvalue weighted by Gasteiger charge is 2.21. The summed E-state index contributed by atoms with van der Waals surface area (Å²) in [6.07, 6.45) is 4.33. The van der Waals surface area contributed by atoms with Gasteiger partial charge in [0.25, 0.3) is 0 Å². The zero-order chi connectivity index (χ0) is 12.5. The van der Waals surface area contributed by atoms with Crippen molar-refractivity contribution in [1.82, 2.24) is 20.3 Å². The fourth-order valence-electron chi connectivity index (χ4n) is 1.90. The van der Waals surface area contributed by atoms with Crippen LogP contribution in [-0.4, -0.2) is 21.0 Å². The van der Waals surface area contributed by atoms with E-state index >= 15 is 0 Å². The summed E-state index contributed by atoms with van der Waals surface area (Å²) in [5.74, 6) is 0. The maximum absolute atomic E-state index is 6.23. The van der Waals surface area contributed by atoms with Crippen LogP contribution in [0.3, 0.4) is 0 Å².